The first kappa shape index (κ1) is 33.5. The van der Waals surface area contributed by atoms with Crippen LogP contribution in [0.5, 0.6) is 0 Å². The zero-order valence-electron chi connectivity index (χ0n) is 26.2. The van der Waals surface area contributed by atoms with Crippen molar-refractivity contribution in [2.45, 2.75) is 33.1 Å². The van der Waals surface area contributed by atoms with Gasteiger partial charge in [0.2, 0.25) is 0 Å². The molecule has 0 unspecified atom stereocenters. The Bertz CT molecular complexity index is 2290. The van der Waals surface area contributed by atoms with E-state index in [2.05, 4.69) is 18.8 Å². The molecular formula is C41H26F8. The van der Waals surface area contributed by atoms with Crippen LogP contribution in [0.25, 0.3) is 44.2 Å². The van der Waals surface area contributed by atoms with Gasteiger partial charge in [-0.2, -0.15) is 0 Å². The quantitative estimate of drug-likeness (QED) is 0.0940. The molecule has 0 atom stereocenters. The minimum absolute atomic E-state index is 0.0693. The average Bonchev–Trinajstić information content (AvgIpc) is 3.06. The van der Waals surface area contributed by atoms with Crippen LogP contribution in [0.4, 0.5) is 35.1 Å². The Kier molecular flexibility index (Phi) is 9.29. The van der Waals surface area contributed by atoms with E-state index in [-0.39, 0.29) is 27.6 Å². The maximum atomic E-state index is 15.5. The predicted octanol–water partition coefficient (Wildman–Crippen LogP) is 12.0. The topological polar surface area (TPSA) is 0 Å². The zero-order valence-corrected chi connectivity index (χ0v) is 26.2. The average molecular weight is 671 g/mol. The van der Waals surface area contributed by atoms with Crippen molar-refractivity contribution in [3.05, 3.63) is 154 Å². The lowest BCUT2D eigenvalue weighted by Gasteiger charge is -2.13. The monoisotopic (exact) mass is 670 g/mol. The number of halogens is 8. The van der Waals surface area contributed by atoms with E-state index in [0.717, 1.165) is 49.1 Å². The first-order chi connectivity index (χ1) is 23.4. The molecule has 6 rings (SSSR count). The largest absolute Gasteiger partial charge is 0.206 e. The van der Waals surface area contributed by atoms with Gasteiger partial charge in [0.25, 0.3) is 0 Å². The molecule has 0 aliphatic rings. The molecule has 0 heterocycles. The van der Waals surface area contributed by atoms with Gasteiger partial charge >= 0.3 is 0 Å². The SMILES string of the molecule is CCCCc1ccc(C#Cc2cc(F)c(-c3ccc(-c4cc(F)c5c(F)c(-c6cc(F)c(F)c(F)c6)c(F)cc5c4)c(F)c3)cc2C)cc1. The van der Waals surface area contributed by atoms with Crippen molar-refractivity contribution >= 4 is 10.8 Å². The van der Waals surface area contributed by atoms with Gasteiger partial charge in [-0.1, -0.05) is 49.5 Å². The standard InChI is InChI=1S/C41H26F8/c1-3-4-5-23-6-8-24(9-7-23)10-11-25-16-33(43)31(14-22(25)2)26-12-13-30(32(42)17-26)27-15-28-19-35(45)39(41(49)38(28)34(44)18-27)29-20-36(46)40(48)37(47)21-29/h6-9,12-21H,3-5H2,1-2H3. The highest BCUT2D eigenvalue weighted by molar-refractivity contribution is 5.92. The molecule has 6 aromatic rings. The molecular weight excluding hydrogens is 644 g/mol. The van der Waals surface area contributed by atoms with Crippen molar-refractivity contribution in [1.29, 1.82) is 0 Å². The summed E-state index contributed by atoms with van der Waals surface area (Å²) >= 11 is 0. The van der Waals surface area contributed by atoms with E-state index in [1.165, 1.54) is 23.8 Å². The molecule has 0 N–H and O–H groups in total. The van der Waals surface area contributed by atoms with Crippen molar-refractivity contribution in [3.8, 4) is 45.2 Å². The van der Waals surface area contributed by atoms with Crippen molar-refractivity contribution in [3.63, 3.8) is 0 Å². The number of hydrogen-bond donors (Lipinski definition) is 0. The molecule has 0 fully saturated rings. The summed E-state index contributed by atoms with van der Waals surface area (Å²) in [7, 11) is 0. The van der Waals surface area contributed by atoms with Crippen LogP contribution in [0.3, 0.4) is 0 Å². The fourth-order valence-electron chi connectivity index (χ4n) is 5.76. The molecule has 0 aliphatic heterocycles. The summed E-state index contributed by atoms with van der Waals surface area (Å²) in [5.74, 6) is -4.59. The second kappa shape index (κ2) is 13.6. The lowest BCUT2D eigenvalue weighted by Crippen LogP contribution is -1.99. The maximum Gasteiger partial charge on any atom is 0.194 e. The van der Waals surface area contributed by atoms with E-state index in [9.17, 15) is 13.2 Å². The summed E-state index contributed by atoms with van der Waals surface area (Å²) in [6, 6.07) is 18.0. The van der Waals surface area contributed by atoms with Crippen molar-refractivity contribution in [2.75, 3.05) is 0 Å². The van der Waals surface area contributed by atoms with E-state index in [0.29, 0.717) is 23.3 Å². The lowest BCUT2D eigenvalue weighted by atomic mass is 9.94. The molecule has 0 amide bonds. The van der Waals surface area contributed by atoms with Crippen LogP contribution in [0, 0.1) is 65.3 Å². The van der Waals surface area contributed by atoms with Crippen LogP contribution in [0.15, 0.2) is 84.9 Å². The van der Waals surface area contributed by atoms with Crippen molar-refractivity contribution in [1.82, 2.24) is 0 Å². The van der Waals surface area contributed by atoms with E-state index in [1.54, 1.807) is 13.0 Å². The predicted molar refractivity (Wildman–Crippen MR) is 176 cm³/mol. The third-order valence-corrected chi connectivity index (χ3v) is 8.37. The van der Waals surface area contributed by atoms with Gasteiger partial charge in [-0.15, -0.1) is 0 Å². The summed E-state index contributed by atoms with van der Waals surface area (Å²) in [5.41, 5.74) is 1.63. The molecule has 0 saturated carbocycles. The van der Waals surface area contributed by atoms with Gasteiger partial charge in [0.1, 0.15) is 29.1 Å². The molecule has 0 bridgehead atoms. The number of rotatable bonds is 6. The molecule has 8 heteroatoms. The first-order valence-electron chi connectivity index (χ1n) is 15.4. The van der Waals surface area contributed by atoms with Crippen LogP contribution < -0.4 is 0 Å². The highest BCUT2D eigenvalue weighted by Crippen LogP contribution is 2.38. The molecule has 0 spiro atoms. The summed E-state index contributed by atoms with van der Waals surface area (Å²) < 4.78 is 118. The van der Waals surface area contributed by atoms with Crippen molar-refractivity contribution in [2.24, 2.45) is 0 Å². The van der Waals surface area contributed by atoms with Gasteiger partial charge in [0.05, 0.1) is 10.9 Å². The third kappa shape index (κ3) is 6.66. The summed E-state index contributed by atoms with van der Waals surface area (Å²) in [6.07, 6.45) is 3.20. The van der Waals surface area contributed by atoms with Crippen LogP contribution in [-0.2, 0) is 6.42 Å². The fourth-order valence-corrected chi connectivity index (χ4v) is 5.76. The van der Waals surface area contributed by atoms with E-state index in [4.69, 9.17) is 0 Å². The molecule has 246 valence electrons. The summed E-state index contributed by atoms with van der Waals surface area (Å²) in [5, 5.41) is -1.02. The van der Waals surface area contributed by atoms with Gasteiger partial charge in [-0.25, -0.2) is 35.1 Å². The molecule has 49 heavy (non-hydrogen) atoms. The van der Waals surface area contributed by atoms with Crippen molar-refractivity contribution < 1.29 is 35.1 Å². The van der Waals surface area contributed by atoms with Crippen LogP contribution in [0.2, 0.25) is 0 Å². The minimum atomic E-state index is -1.83. The second-order valence-electron chi connectivity index (χ2n) is 11.7. The fraction of sp³-hybridized carbons (Fsp3) is 0.122. The Morgan fingerprint density at radius 2 is 1.18 bits per heavy atom. The first-order valence-corrected chi connectivity index (χ1v) is 15.4. The lowest BCUT2D eigenvalue weighted by molar-refractivity contribution is 0.447. The number of aryl methyl sites for hydroxylation is 2. The minimum Gasteiger partial charge on any atom is -0.206 e. The Morgan fingerprint density at radius 1 is 0.531 bits per heavy atom. The molecule has 0 aliphatic carbocycles. The summed E-state index contributed by atoms with van der Waals surface area (Å²) in [4.78, 5) is 0. The van der Waals surface area contributed by atoms with Crippen LogP contribution in [0.1, 0.15) is 42.0 Å². The summed E-state index contributed by atoms with van der Waals surface area (Å²) in [6.45, 7) is 3.89. The highest BCUT2D eigenvalue weighted by atomic mass is 19.2. The normalized spacial score (nSPS) is 11.1. The molecule has 0 radical (unpaired) electrons. The number of hydrogen-bond acceptors (Lipinski definition) is 0. The van der Waals surface area contributed by atoms with Crippen LogP contribution in [-0.4, -0.2) is 0 Å². The van der Waals surface area contributed by atoms with Gasteiger partial charge < -0.3 is 0 Å². The van der Waals surface area contributed by atoms with Gasteiger partial charge in [-0.3, -0.25) is 0 Å². The third-order valence-electron chi connectivity index (χ3n) is 8.37. The van der Waals surface area contributed by atoms with Gasteiger partial charge in [0.15, 0.2) is 17.5 Å². The Hall–Kier alpha value is -5.42. The smallest absolute Gasteiger partial charge is 0.194 e. The van der Waals surface area contributed by atoms with Gasteiger partial charge in [0, 0.05) is 22.3 Å². The maximum absolute atomic E-state index is 15.5. The Morgan fingerprint density at radius 3 is 1.86 bits per heavy atom. The highest BCUT2D eigenvalue weighted by Gasteiger charge is 2.23. The van der Waals surface area contributed by atoms with Crippen LogP contribution >= 0.6 is 0 Å². The van der Waals surface area contributed by atoms with E-state index < -0.39 is 63.1 Å². The van der Waals surface area contributed by atoms with Gasteiger partial charge in [-0.05, 0) is 114 Å². The molecule has 6 aromatic carbocycles. The Balaban J connectivity index is 1.30. The number of benzene rings is 6. The van der Waals surface area contributed by atoms with E-state index >= 15 is 22.0 Å². The zero-order chi connectivity index (χ0) is 35.0. The molecule has 0 aromatic heterocycles. The Labute approximate surface area is 277 Å². The molecule has 0 nitrogen and oxygen atoms in total. The van der Waals surface area contributed by atoms with E-state index in [1.807, 2.05) is 24.3 Å². The molecule has 0 saturated heterocycles. The number of fused-ring (bicyclic) bond motifs is 1. The number of unbranched alkanes of at least 4 members (excludes halogenated alkanes) is 1. The second-order valence-corrected chi connectivity index (χ2v) is 11.7.